The first-order valence-electron chi connectivity index (χ1n) is 9.16. The predicted octanol–water partition coefficient (Wildman–Crippen LogP) is 3.35. The van der Waals surface area contributed by atoms with Gasteiger partial charge in [-0.25, -0.2) is 4.79 Å². The fourth-order valence-electron chi connectivity index (χ4n) is 2.62. The summed E-state index contributed by atoms with van der Waals surface area (Å²) in [6.45, 7) is 3.26. The number of amides is 2. The van der Waals surface area contributed by atoms with E-state index >= 15 is 0 Å². The van der Waals surface area contributed by atoms with Crippen LogP contribution in [0.4, 0.5) is 5.69 Å². The zero-order valence-corrected chi connectivity index (χ0v) is 18.3. The third-order valence-corrected chi connectivity index (χ3v) is 4.91. The molecule has 0 saturated carbocycles. The Balaban J connectivity index is 2.43. The van der Waals surface area contributed by atoms with E-state index in [1.54, 1.807) is 32.0 Å². The first-order chi connectivity index (χ1) is 14.6. The van der Waals surface area contributed by atoms with Crippen LogP contribution in [0, 0.1) is 16.0 Å². The van der Waals surface area contributed by atoms with E-state index in [0.717, 1.165) is 0 Å². The summed E-state index contributed by atoms with van der Waals surface area (Å²) in [6.07, 6.45) is 1.25. The number of rotatable bonds is 8. The Bertz CT molecular complexity index is 1050. The van der Waals surface area contributed by atoms with Crippen LogP contribution in [0.15, 0.2) is 58.7 Å². The number of carboxylic acid groups (broad SMARTS) is 1. The number of nitro benzene ring substituents is 1. The largest absolute Gasteiger partial charge is 0.480 e. The smallest absolute Gasteiger partial charge is 0.326 e. The number of aliphatic carboxylic acids is 1. The van der Waals surface area contributed by atoms with Crippen LogP contribution in [0.5, 0.6) is 0 Å². The molecule has 0 bridgehead atoms. The highest BCUT2D eigenvalue weighted by Crippen LogP contribution is 2.18. The molecule has 0 fully saturated rings. The molecule has 10 heteroatoms. The summed E-state index contributed by atoms with van der Waals surface area (Å²) in [5.41, 5.74) is 0.0754. The van der Waals surface area contributed by atoms with E-state index in [1.165, 1.54) is 36.4 Å². The Morgan fingerprint density at radius 3 is 2.39 bits per heavy atom. The van der Waals surface area contributed by atoms with Crippen molar-refractivity contribution >= 4 is 45.5 Å². The average molecular weight is 490 g/mol. The van der Waals surface area contributed by atoms with Gasteiger partial charge in [0.25, 0.3) is 17.5 Å². The third-order valence-electron chi connectivity index (χ3n) is 4.22. The summed E-state index contributed by atoms with van der Waals surface area (Å²) >= 11 is 3.26. The Labute approximate surface area is 186 Å². The molecule has 2 amide bonds. The van der Waals surface area contributed by atoms with E-state index in [-0.39, 0.29) is 22.5 Å². The van der Waals surface area contributed by atoms with Gasteiger partial charge in [-0.05, 0) is 45.6 Å². The molecule has 31 heavy (non-hydrogen) atoms. The number of benzene rings is 2. The van der Waals surface area contributed by atoms with Gasteiger partial charge in [0.15, 0.2) is 0 Å². The minimum Gasteiger partial charge on any atom is -0.480 e. The van der Waals surface area contributed by atoms with Gasteiger partial charge in [0.2, 0.25) is 0 Å². The highest BCUT2D eigenvalue weighted by atomic mass is 79.9. The van der Waals surface area contributed by atoms with E-state index in [1.807, 2.05) is 0 Å². The SMILES string of the molecule is CC(C)[C@@H](NC(=O)/C(=C/c1cccc([N+](=O)[O-])c1)NC(=O)c1ccccc1Br)C(=O)O. The minimum atomic E-state index is -1.23. The van der Waals surface area contributed by atoms with Crippen molar-refractivity contribution in [1.29, 1.82) is 0 Å². The second-order valence-corrected chi connectivity index (χ2v) is 7.73. The van der Waals surface area contributed by atoms with Crippen LogP contribution in [-0.4, -0.2) is 33.9 Å². The summed E-state index contributed by atoms with van der Waals surface area (Å²) in [7, 11) is 0. The van der Waals surface area contributed by atoms with E-state index in [0.29, 0.717) is 4.47 Å². The molecule has 3 N–H and O–H groups in total. The predicted molar refractivity (Wildman–Crippen MR) is 117 cm³/mol. The topological polar surface area (TPSA) is 139 Å². The lowest BCUT2D eigenvalue weighted by Gasteiger charge is -2.19. The van der Waals surface area contributed by atoms with Crippen molar-refractivity contribution in [3.63, 3.8) is 0 Å². The molecule has 0 heterocycles. The van der Waals surface area contributed by atoms with Gasteiger partial charge in [0, 0.05) is 16.6 Å². The van der Waals surface area contributed by atoms with Crippen LogP contribution < -0.4 is 10.6 Å². The molecule has 0 aromatic heterocycles. The van der Waals surface area contributed by atoms with Crippen LogP contribution in [-0.2, 0) is 9.59 Å². The highest BCUT2D eigenvalue weighted by molar-refractivity contribution is 9.10. The van der Waals surface area contributed by atoms with Gasteiger partial charge in [-0.2, -0.15) is 0 Å². The number of hydrogen-bond donors (Lipinski definition) is 3. The monoisotopic (exact) mass is 489 g/mol. The van der Waals surface area contributed by atoms with Gasteiger partial charge in [-0.1, -0.05) is 38.1 Å². The number of carbonyl (C=O) groups excluding carboxylic acids is 2. The molecule has 2 aromatic carbocycles. The summed E-state index contributed by atoms with van der Waals surface area (Å²) in [4.78, 5) is 47.5. The number of carboxylic acids is 1. The molecule has 0 radical (unpaired) electrons. The minimum absolute atomic E-state index is 0.198. The molecule has 0 saturated heterocycles. The molecule has 9 nitrogen and oxygen atoms in total. The second kappa shape index (κ2) is 10.5. The quantitative estimate of drug-likeness (QED) is 0.295. The zero-order valence-electron chi connectivity index (χ0n) is 16.7. The molecular weight excluding hydrogens is 470 g/mol. The van der Waals surface area contributed by atoms with Crippen LogP contribution >= 0.6 is 15.9 Å². The van der Waals surface area contributed by atoms with Gasteiger partial charge in [0.05, 0.1) is 10.5 Å². The molecule has 0 unspecified atom stereocenters. The maximum absolute atomic E-state index is 12.8. The number of carbonyl (C=O) groups is 3. The fourth-order valence-corrected chi connectivity index (χ4v) is 3.09. The summed E-state index contributed by atoms with van der Waals surface area (Å²) in [5, 5.41) is 25.2. The summed E-state index contributed by atoms with van der Waals surface area (Å²) < 4.78 is 0.494. The number of non-ortho nitro benzene ring substituents is 1. The van der Waals surface area contributed by atoms with Crippen molar-refractivity contribution in [2.75, 3.05) is 0 Å². The molecule has 0 aliphatic rings. The second-order valence-electron chi connectivity index (χ2n) is 6.88. The van der Waals surface area contributed by atoms with Crippen molar-refractivity contribution in [3.8, 4) is 0 Å². The van der Waals surface area contributed by atoms with Crippen LogP contribution in [0.1, 0.15) is 29.8 Å². The van der Waals surface area contributed by atoms with Crippen molar-refractivity contribution in [3.05, 3.63) is 79.9 Å². The van der Waals surface area contributed by atoms with Gasteiger partial charge in [0.1, 0.15) is 11.7 Å². The van der Waals surface area contributed by atoms with E-state index < -0.39 is 34.7 Å². The lowest BCUT2D eigenvalue weighted by molar-refractivity contribution is -0.384. The van der Waals surface area contributed by atoms with Gasteiger partial charge in [-0.3, -0.25) is 19.7 Å². The van der Waals surface area contributed by atoms with Crippen molar-refractivity contribution < 1.29 is 24.4 Å². The number of hydrogen-bond acceptors (Lipinski definition) is 5. The average Bonchev–Trinajstić information content (AvgIpc) is 2.71. The standard InChI is InChI=1S/C21H20BrN3O6/c1-12(2)18(21(28)29)24-20(27)17(11-13-6-5-7-14(10-13)25(30)31)23-19(26)15-8-3-4-9-16(15)22/h3-12,18H,1-2H3,(H,23,26)(H,24,27)(H,28,29)/b17-11-/t18-/m1/s1. The molecule has 0 spiro atoms. The molecule has 0 aliphatic heterocycles. The van der Waals surface area contributed by atoms with Gasteiger partial charge in [-0.15, -0.1) is 0 Å². The zero-order chi connectivity index (χ0) is 23.1. The van der Waals surface area contributed by atoms with Crippen LogP contribution in [0.25, 0.3) is 6.08 Å². The Morgan fingerprint density at radius 1 is 1.13 bits per heavy atom. The Hall–Kier alpha value is -3.53. The van der Waals surface area contributed by atoms with E-state index in [4.69, 9.17) is 0 Å². The van der Waals surface area contributed by atoms with Crippen LogP contribution in [0.3, 0.4) is 0 Å². The third kappa shape index (κ3) is 6.48. The molecule has 162 valence electrons. The molecular formula is C21H20BrN3O6. The number of nitrogens with one attached hydrogen (secondary N) is 2. The lowest BCUT2D eigenvalue weighted by atomic mass is 10.0. The Morgan fingerprint density at radius 2 is 1.81 bits per heavy atom. The van der Waals surface area contributed by atoms with E-state index in [2.05, 4.69) is 26.6 Å². The van der Waals surface area contributed by atoms with Crippen molar-refractivity contribution in [1.82, 2.24) is 10.6 Å². The Kier molecular flexibility index (Phi) is 8.03. The van der Waals surface area contributed by atoms with Crippen molar-refractivity contribution in [2.24, 2.45) is 5.92 Å². The normalized spacial score (nSPS) is 12.2. The molecule has 1 atom stereocenters. The highest BCUT2D eigenvalue weighted by Gasteiger charge is 2.26. The lowest BCUT2D eigenvalue weighted by Crippen LogP contribution is -2.47. The summed E-state index contributed by atoms with van der Waals surface area (Å²) in [5.74, 6) is -3.10. The van der Waals surface area contributed by atoms with E-state index in [9.17, 15) is 29.6 Å². The maximum Gasteiger partial charge on any atom is 0.326 e. The number of halogens is 1. The van der Waals surface area contributed by atoms with Crippen LogP contribution in [0.2, 0.25) is 0 Å². The summed E-state index contributed by atoms with van der Waals surface area (Å²) in [6, 6.07) is 10.8. The first-order valence-corrected chi connectivity index (χ1v) is 9.95. The maximum atomic E-state index is 12.8. The molecule has 0 aliphatic carbocycles. The number of nitrogens with zero attached hydrogens (tertiary/aromatic N) is 1. The first kappa shape index (κ1) is 23.7. The fraction of sp³-hybridized carbons (Fsp3) is 0.190. The van der Waals surface area contributed by atoms with Crippen molar-refractivity contribution in [2.45, 2.75) is 19.9 Å². The molecule has 2 rings (SSSR count). The van der Waals surface area contributed by atoms with Gasteiger partial charge < -0.3 is 15.7 Å². The molecule has 2 aromatic rings. The number of nitro groups is 1. The van der Waals surface area contributed by atoms with Gasteiger partial charge >= 0.3 is 5.97 Å².